The molecule has 0 spiro atoms. The highest BCUT2D eigenvalue weighted by molar-refractivity contribution is 5.85. The predicted molar refractivity (Wildman–Crippen MR) is 94.7 cm³/mol. The van der Waals surface area contributed by atoms with E-state index in [0.717, 1.165) is 28.8 Å². The van der Waals surface area contributed by atoms with Crippen molar-refractivity contribution < 1.29 is 13.2 Å². The van der Waals surface area contributed by atoms with Crippen molar-refractivity contribution in [1.29, 1.82) is 0 Å². The van der Waals surface area contributed by atoms with Crippen molar-refractivity contribution in [2.24, 2.45) is 0 Å². The smallest absolute Gasteiger partial charge is 0.292 e. The number of benzene rings is 2. The molecule has 1 aliphatic heterocycles. The molecule has 0 radical (unpaired) electrons. The molecule has 0 fully saturated rings. The summed E-state index contributed by atoms with van der Waals surface area (Å²) in [6.07, 6.45) is -1.91. The summed E-state index contributed by atoms with van der Waals surface area (Å²) in [5, 5.41) is 0.207. The molecule has 3 nitrogen and oxygen atoms in total. The summed E-state index contributed by atoms with van der Waals surface area (Å²) in [5.74, 6) is 0.447. The first-order valence-electron chi connectivity index (χ1n) is 8.22. The number of alkyl halides is 3. The highest BCUT2D eigenvalue weighted by Gasteiger charge is 2.31. The summed E-state index contributed by atoms with van der Waals surface area (Å²) in [6, 6.07) is 11.0. The van der Waals surface area contributed by atoms with Gasteiger partial charge in [-0.2, -0.15) is 13.2 Å². The quantitative estimate of drug-likeness (QED) is 0.635. The van der Waals surface area contributed by atoms with Gasteiger partial charge in [0.05, 0.1) is 16.5 Å². The molecule has 4 rings (SSSR count). The third-order valence-electron chi connectivity index (χ3n) is 4.59. The molecular formula is C20H15F3N2O. The van der Waals surface area contributed by atoms with Crippen molar-refractivity contribution in [2.45, 2.75) is 26.1 Å². The van der Waals surface area contributed by atoms with E-state index in [4.69, 9.17) is 0 Å². The van der Waals surface area contributed by atoms with Gasteiger partial charge in [-0.3, -0.25) is 9.36 Å². The van der Waals surface area contributed by atoms with E-state index in [2.05, 4.69) is 4.98 Å². The molecule has 1 aromatic heterocycles. The number of hydrogen-bond donors (Lipinski definition) is 0. The second kappa shape index (κ2) is 5.83. The Labute approximate surface area is 147 Å². The third-order valence-corrected chi connectivity index (χ3v) is 4.59. The van der Waals surface area contributed by atoms with E-state index in [1.165, 1.54) is 10.6 Å². The third kappa shape index (κ3) is 2.81. The first kappa shape index (κ1) is 16.6. The Hall–Kier alpha value is -2.89. The van der Waals surface area contributed by atoms with Crippen molar-refractivity contribution in [3.63, 3.8) is 0 Å². The Bertz CT molecular complexity index is 1090. The van der Waals surface area contributed by atoms with Crippen LogP contribution in [0.25, 0.3) is 22.6 Å². The Morgan fingerprint density at radius 2 is 1.85 bits per heavy atom. The SMILES string of the molecule is Cc1ccc(/C=C2\CCn3c2nc2cc(C(F)(F)F)ccc2c3=O)cc1. The van der Waals surface area contributed by atoms with E-state index in [1.54, 1.807) is 0 Å². The van der Waals surface area contributed by atoms with Gasteiger partial charge in [-0.05, 0) is 48.8 Å². The lowest BCUT2D eigenvalue weighted by atomic mass is 10.1. The summed E-state index contributed by atoms with van der Waals surface area (Å²) in [6.45, 7) is 2.48. The van der Waals surface area contributed by atoms with Crippen molar-refractivity contribution in [3.05, 3.63) is 75.3 Å². The molecule has 0 unspecified atom stereocenters. The molecular weight excluding hydrogens is 341 g/mol. The standard InChI is InChI=1S/C20H15F3N2O/c1-12-2-4-13(5-3-12)10-14-8-9-25-18(14)24-17-11-15(20(21,22)23)6-7-16(17)19(25)26/h2-7,10-11H,8-9H2,1H3/b14-10+. The van der Waals surface area contributed by atoms with E-state index in [1.807, 2.05) is 37.3 Å². The minimum absolute atomic E-state index is 0.0766. The lowest BCUT2D eigenvalue weighted by Gasteiger charge is -2.09. The number of aryl methyl sites for hydroxylation is 1. The largest absolute Gasteiger partial charge is 0.416 e. The van der Waals surface area contributed by atoms with Gasteiger partial charge < -0.3 is 0 Å². The number of fused-ring (bicyclic) bond motifs is 2. The molecule has 0 saturated heterocycles. The first-order chi connectivity index (χ1) is 12.3. The fourth-order valence-electron chi connectivity index (χ4n) is 3.19. The average molecular weight is 356 g/mol. The van der Waals surface area contributed by atoms with Crippen LogP contribution in [-0.4, -0.2) is 9.55 Å². The Kier molecular flexibility index (Phi) is 3.72. The van der Waals surface area contributed by atoms with E-state index >= 15 is 0 Å². The van der Waals surface area contributed by atoms with E-state index in [9.17, 15) is 18.0 Å². The zero-order valence-electron chi connectivity index (χ0n) is 14.0. The number of aromatic nitrogens is 2. The lowest BCUT2D eigenvalue weighted by Crippen LogP contribution is -2.21. The van der Waals surface area contributed by atoms with Crippen molar-refractivity contribution >= 4 is 22.6 Å². The van der Waals surface area contributed by atoms with Crippen LogP contribution in [0, 0.1) is 6.92 Å². The lowest BCUT2D eigenvalue weighted by molar-refractivity contribution is -0.137. The summed E-state index contributed by atoms with van der Waals surface area (Å²) < 4.78 is 40.4. The predicted octanol–water partition coefficient (Wildman–Crippen LogP) is 4.67. The van der Waals surface area contributed by atoms with Crippen LogP contribution in [0.15, 0.2) is 47.3 Å². The van der Waals surface area contributed by atoms with Gasteiger partial charge in [-0.1, -0.05) is 29.8 Å². The molecule has 6 heteroatoms. The van der Waals surface area contributed by atoms with Crippen LogP contribution in [0.4, 0.5) is 13.2 Å². The topological polar surface area (TPSA) is 34.9 Å². The maximum absolute atomic E-state index is 13.0. The monoisotopic (exact) mass is 356 g/mol. The molecule has 0 bridgehead atoms. The normalized spacial score (nSPS) is 15.6. The fraction of sp³-hybridized carbons (Fsp3) is 0.200. The maximum atomic E-state index is 13.0. The zero-order chi connectivity index (χ0) is 18.5. The Morgan fingerprint density at radius 1 is 1.12 bits per heavy atom. The molecule has 1 aliphatic rings. The van der Waals surface area contributed by atoms with Gasteiger partial charge in [-0.15, -0.1) is 0 Å². The van der Waals surface area contributed by atoms with Gasteiger partial charge in [-0.25, -0.2) is 4.98 Å². The highest BCUT2D eigenvalue weighted by atomic mass is 19.4. The molecule has 2 aromatic carbocycles. The molecule has 0 aliphatic carbocycles. The summed E-state index contributed by atoms with van der Waals surface area (Å²) >= 11 is 0. The Balaban J connectivity index is 1.87. The van der Waals surface area contributed by atoms with Gasteiger partial charge >= 0.3 is 6.18 Å². The van der Waals surface area contributed by atoms with Crippen LogP contribution in [-0.2, 0) is 12.7 Å². The van der Waals surface area contributed by atoms with Gasteiger partial charge in [0.1, 0.15) is 5.82 Å². The molecule has 26 heavy (non-hydrogen) atoms. The number of allylic oxidation sites excluding steroid dienone is 1. The summed E-state index contributed by atoms with van der Waals surface area (Å²) in [5.41, 5.74) is 1.93. The minimum atomic E-state index is -4.47. The van der Waals surface area contributed by atoms with Crippen molar-refractivity contribution in [3.8, 4) is 0 Å². The van der Waals surface area contributed by atoms with Gasteiger partial charge in [0, 0.05) is 6.54 Å². The van der Waals surface area contributed by atoms with Crippen molar-refractivity contribution in [2.75, 3.05) is 0 Å². The summed E-state index contributed by atoms with van der Waals surface area (Å²) in [7, 11) is 0. The molecule has 2 heterocycles. The van der Waals surface area contributed by atoms with Gasteiger partial charge in [0.2, 0.25) is 0 Å². The number of rotatable bonds is 1. The van der Waals surface area contributed by atoms with Gasteiger partial charge in [0.25, 0.3) is 5.56 Å². The Morgan fingerprint density at radius 3 is 2.54 bits per heavy atom. The van der Waals surface area contributed by atoms with Crippen LogP contribution in [0.5, 0.6) is 0 Å². The molecule has 0 N–H and O–H groups in total. The second-order valence-electron chi connectivity index (χ2n) is 6.45. The van der Waals surface area contributed by atoms with Crippen molar-refractivity contribution in [1.82, 2.24) is 9.55 Å². The van der Waals surface area contributed by atoms with Crippen LogP contribution in [0.2, 0.25) is 0 Å². The number of halogens is 3. The van der Waals surface area contributed by atoms with Gasteiger partial charge in [0.15, 0.2) is 0 Å². The van der Waals surface area contributed by atoms with E-state index < -0.39 is 11.7 Å². The minimum Gasteiger partial charge on any atom is -0.292 e. The molecule has 132 valence electrons. The molecule has 0 atom stereocenters. The average Bonchev–Trinajstić information content (AvgIpc) is 2.99. The molecule has 0 amide bonds. The fourth-order valence-corrected chi connectivity index (χ4v) is 3.19. The van der Waals surface area contributed by atoms with Crippen LogP contribution in [0.3, 0.4) is 0 Å². The number of nitrogens with zero attached hydrogens (tertiary/aromatic N) is 2. The van der Waals surface area contributed by atoms with E-state index in [0.29, 0.717) is 18.8 Å². The van der Waals surface area contributed by atoms with Crippen LogP contribution in [0.1, 0.15) is 28.9 Å². The molecule has 3 aromatic rings. The summed E-state index contributed by atoms with van der Waals surface area (Å²) in [4.78, 5) is 17.0. The van der Waals surface area contributed by atoms with Crippen LogP contribution >= 0.6 is 0 Å². The van der Waals surface area contributed by atoms with E-state index in [-0.39, 0.29) is 16.5 Å². The highest BCUT2D eigenvalue weighted by Crippen LogP contribution is 2.32. The molecule has 0 saturated carbocycles. The zero-order valence-corrected chi connectivity index (χ0v) is 14.0. The number of hydrogen-bond acceptors (Lipinski definition) is 2. The first-order valence-corrected chi connectivity index (χ1v) is 8.22. The van der Waals surface area contributed by atoms with Crippen LogP contribution < -0.4 is 5.56 Å². The second-order valence-corrected chi connectivity index (χ2v) is 6.45. The maximum Gasteiger partial charge on any atom is 0.416 e.